The highest BCUT2D eigenvalue weighted by atomic mass is 16.6. The zero-order valence-electron chi connectivity index (χ0n) is 16.6. The summed E-state index contributed by atoms with van der Waals surface area (Å²) in [5.74, 6) is -1.87. The molecule has 1 amide bonds. The highest BCUT2D eigenvalue weighted by molar-refractivity contribution is 6.08. The fourth-order valence-electron chi connectivity index (χ4n) is 2.91. The maximum absolute atomic E-state index is 12.9. The number of allylic oxidation sites excluding steroid dienone is 2. The third-order valence-corrected chi connectivity index (χ3v) is 4.39. The normalized spacial score (nSPS) is 19.8. The molecule has 2 rings (SSSR count). The number of carbonyl (C=O) groups excluding carboxylic acids is 2. The van der Waals surface area contributed by atoms with Crippen LogP contribution in [0.25, 0.3) is 0 Å². The van der Waals surface area contributed by atoms with Gasteiger partial charge in [-0.2, -0.15) is 0 Å². The number of ether oxygens (including phenoxy) is 1. The molecule has 0 saturated heterocycles. The lowest BCUT2D eigenvalue weighted by atomic mass is 9.74. The van der Waals surface area contributed by atoms with E-state index in [2.05, 4.69) is 5.32 Å². The molecule has 0 heterocycles. The summed E-state index contributed by atoms with van der Waals surface area (Å²) in [6, 6.07) is 5.13. The number of nitrogens with two attached hydrogens (primary N) is 1. The third-order valence-electron chi connectivity index (χ3n) is 4.39. The summed E-state index contributed by atoms with van der Waals surface area (Å²) in [6.07, 6.45) is 3.39. The van der Waals surface area contributed by atoms with Crippen molar-refractivity contribution in [2.24, 2.45) is 11.1 Å². The molecule has 0 radical (unpaired) electrons. The summed E-state index contributed by atoms with van der Waals surface area (Å²) in [5, 5.41) is 21.6. The minimum absolute atomic E-state index is 0.0843. The van der Waals surface area contributed by atoms with Crippen LogP contribution >= 0.6 is 0 Å². The second kappa shape index (κ2) is 8.48. The van der Waals surface area contributed by atoms with Gasteiger partial charge in [-0.05, 0) is 57.4 Å². The number of carboxylic acid groups (broad SMARTS) is 1. The van der Waals surface area contributed by atoms with E-state index < -0.39 is 34.9 Å². The topological polar surface area (TPSA) is 139 Å². The van der Waals surface area contributed by atoms with Crippen LogP contribution in [0.15, 0.2) is 48.2 Å². The quantitative estimate of drug-likeness (QED) is 0.535. The number of benzene rings is 1. The van der Waals surface area contributed by atoms with Crippen molar-refractivity contribution in [2.75, 3.05) is 0 Å². The number of hydrogen-bond acceptors (Lipinski definition) is 6. The third kappa shape index (κ3) is 5.68. The molecule has 156 valence electrons. The fraction of sp³-hybridized carbons (Fsp3) is 0.381. The molecule has 1 aromatic carbocycles. The smallest absolute Gasteiger partial charge is 0.412 e. The molecule has 1 aliphatic rings. The number of aromatic hydroxyl groups is 1. The first kappa shape index (κ1) is 22.2. The van der Waals surface area contributed by atoms with E-state index in [0.29, 0.717) is 11.3 Å². The second-order valence-electron chi connectivity index (χ2n) is 7.94. The molecule has 5 N–H and O–H groups in total. The van der Waals surface area contributed by atoms with E-state index in [1.54, 1.807) is 32.9 Å². The molecule has 0 aromatic heterocycles. The van der Waals surface area contributed by atoms with Crippen molar-refractivity contribution in [2.45, 2.75) is 45.3 Å². The Morgan fingerprint density at radius 2 is 1.86 bits per heavy atom. The molecular formula is C21H26N2O6. The number of alkyl carbamates (subject to hydrolysis) is 1. The lowest BCUT2D eigenvalue weighted by Gasteiger charge is -2.29. The molecule has 8 nitrogen and oxygen atoms in total. The van der Waals surface area contributed by atoms with Gasteiger partial charge in [0.05, 0.1) is 6.04 Å². The molecule has 1 aromatic rings. The molecule has 2 atom stereocenters. The van der Waals surface area contributed by atoms with Crippen molar-refractivity contribution in [3.8, 4) is 5.75 Å². The summed E-state index contributed by atoms with van der Waals surface area (Å²) in [7, 11) is 0. The van der Waals surface area contributed by atoms with Gasteiger partial charge in [0, 0.05) is 5.70 Å². The average Bonchev–Trinajstić information content (AvgIpc) is 2.62. The number of carboxylic acids is 1. The van der Waals surface area contributed by atoms with E-state index in [9.17, 15) is 24.6 Å². The first-order valence-corrected chi connectivity index (χ1v) is 9.13. The molecule has 0 spiro atoms. The van der Waals surface area contributed by atoms with E-state index in [-0.39, 0.29) is 18.6 Å². The van der Waals surface area contributed by atoms with Crippen molar-refractivity contribution in [3.63, 3.8) is 0 Å². The number of phenolic OH excluding ortho intramolecular Hbond substituents is 1. The van der Waals surface area contributed by atoms with Crippen LogP contribution in [0.4, 0.5) is 4.79 Å². The van der Waals surface area contributed by atoms with Gasteiger partial charge < -0.3 is 20.7 Å². The van der Waals surface area contributed by atoms with E-state index in [0.717, 1.165) is 0 Å². The fourth-order valence-corrected chi connectivity index (χ4v) is 2.91. The molecule has 29 heavy (non-hydrogen) atoms. The summed E-state index contributed by atoms with van der Waals surface area (Å²) in [4.78, 5) is 36.7. The van der Waals surface area contributed by atoms with Gasteiger partial charge in [0.15, 0.2) is 5.78 Å². The van der Waals surface area contributed by atoms with Crippen LogP contribution in [0.1, 0.15) is 32.8 Å². The Kier molecular flexibility index (Phi) is 6.48. The maximum Gasteiger partial charge on any atom is 0.412 e. The van der Waals surface area contributed by atoms with Gasteiger partial charge in [-0.1, -0.05) is 24.3 Å². The van der Waals surface area contributed by atoms with Gasteiger partial charge in [-0.25, -0.2) is 4.79 Å². The monoisotopic (exact) mass is 402 g/mol. The molecule has 0 aliphatic heterocycles. The van der Waals surface area contributed by atoms with Crippen molar-refractivity contribution in [1.82, 2.24) is 5.32 Å². The van der Waals surface area contributed by atoms with Crippen molar-refractivity contribution in [1.29, 1.82) is 0 Å². The van der Waals surface area contributed by atoms with Gasteiger partial charge in [0.1, 0.15) is 16.8 Å². The molecular weight excluding hydrogens is 376 g/mol. The standard InChI is InChI=1S/C21H26N2O6/c1-20(2,3)29-19(28)23-14-8-10-21(11-9-14,18(26)27)17(25)16(22)12-13-4-6-15(24)7-5-13/h4-10,16,24H,11-12,22H2,1-3H3,(H,23,28)(H,26,27)/t16-,21?/m0/s1. The van der Waals surface area contributed by atoms with Gasteiger partial charge >= 0.3 is 12.1 Å². The van der Waals surface area contributed by atoms with E-state index in [4.69, 9.17) is 10.5 Å². The number of Topliss-reactive ketones (excluding diaryl/α,β-unsaturated/α-hetero) is 1. The molecule has 1 aliphatic carbocycles. The number of hydrogen-bond donors (Lipinski definition) is 4. The Morgan fingerprint density at radius 1 is 1.24 bits per heavy atom. The summed E-state index contributed by atoms with van der Waals surface area (Å²) >= 11 is 0. The van der Waals surface area contributed by atoms with Crippen LogP contribution < -0.4 is 11.1 Å². The Balaban J connectivity index is 2.10. The lowest BCUT2D eigenvalue weighted by molar-refractivity contribution is -0.152. The number of aliphatic carboxylic acids is 1. The van der Waals surface area contributed by atoms with Gasteiger partial charge in [-0.15, -0.1) is 0 Å². The Bertz CT molecular complexity index is 851. The van der Waals surface area contributed by atoms with Crippen LogP contribution in [0.5, 0.6) is 5.75 Å². The average molecular weight is 402 g/mol. The number of amides is 1. The molecule has 1 unspecified atom stereocenters. The summed E-state index contributed by atoms with van der Waals surface area (Å²) in [6.45, 7) is 5.17. The summed E-state index contributed by atoms with van der Waals surface area (Å²) in [5.41, 5.74) is 4.56. The maximum atomic E-state index is 12.9. The van der Waals surface area contributed by atoms with E-state index in [1.165, 1.54) is 30.4 Å². The predicted molar refractivity (Wildman–Crippen MR) is 106 cm³/mol. The minimum atomic E-state index is -1.81. The largest absolute Gasteiger partial charge is 0.508 e. The van der Waals surface area contributed by atoms with Crippen molar-refractivity contribution < 1.29 is 29.3 Å². The molecule has 0 saturated carbocycles. The van der Waals surface area contributed by atoms with E-state index >= 15 is 0 Å². The zero-order chi connectivity index (χ0) is 21.8. The van der Waals surface area contributed by atoms with Crippen LogP contribution in [-0.4, -0.2) is 39.7 Å². The van der Waals surface area contributed by atoms with E-state index in [1.807, 2.05) is 0 Å². The molecule has 8 heteroatoms. The van der Waals surface area contributed by atoms with Crippen LogP contribution in [0.3, 0.4) is 0 Å². The first-order valence-electron chi connectivity index (χ1n) is 9.13. The van der Waals surface area contributed by atoms with Crippen LogP contribution in [0.2, 0.25) is 0 Å². The first-order chi connectivity index (χ1) is 13.4. The molecule has 0 bridgehead atoms. The molecule has 0 fully saturated rings. The lowest BCUT2D eigenvalue weighted by Crippen LogP contribution is -2.48. The zero-order valence-corrected chi connectivity index (χ0v) is 16.6. The van der Waals surface area contributed by atoms with Gasteiger partial charge in [-0.3, -0.25) is 14.9 Å². The van der Waals surface area contributed by atoms with Gasteiger partial charge in [0.25, 0.3) is 0 Å². The second-order valence-corrected chi connectivity index (χ2v) is 7.94. The Morgan fingerprint density at radius 3 is 2.34 bits per heavy atom. The number of carbonyl (C=O) groups is 3. The highest BCUT2D eigenvalue weighted by Crippen LogP contribution is 2.32. The Labute approximate surface area is 169 Å². The number of nitrogens with one attached hydrogen (secondary N) is 1. The van der Waals surface area contributed by atoms with Crippen LogP contribution in [-0.2, 0) is 20.7 Å². The van der Waals surface area contributed by atoms with Crippen molar-refractivity contribution in [3.05, 3.63) is 53.8 Å². The number of ketones is 1. The number of phenols is 1. The van der Waals surface area contributed by atoms with Crippen molar-refractivity contribution >= 4 is 17.8 Å². The Hall–Kier alpha value is -3.13. The summed E-state index contributed by atoms with van der Waals surface area (Å²) < 4.78 is 5.15. The SMILES string of the molecule is CC(C)(C)OC(=O)NC1=CCC(C(=O)O)(C(=O)[C@@H](N)Cc2ccc(O)cc2)C=C1. The minimum Gasteiger partial charge on any atom is -0.508 e. The highest BCUT2D eigenvalue weighted by Gasteiger charge is 2.46. The number of rotatable bonds is 6. The van der Waals surface area contributed by atoms with Crippen LogP contribution in [0, 0.1) is 5.41 Å². The van der Waals surface area contributed by atoms with Gasteiger partial charge in [0.2, 0.25) is 0 Å². The predicted octanol–water partition coefficient (Wildman–Crippen LogP) is 2.27.